The van der Waals surface area contributed by atoms with E-state index in [-0.39, 0.29) is 12.1 Å². The quantitative estimate of drug-likeness (QED) is 0.900. The molecule has 1 aromatic carbocycles. The highest BCUT2D eigenvalue weighted by Gasteiger charge is 2.13. The molecule has 4 nitrogen and oxygen atoms in total. The van der Waals surface area contributed by atoms with Gasteiger partial charge in [-0.2, -0.15) is 11.8 Å². The molecule has 0 radical (unpaired) electrons. The van der Waals surface area contributed by atoms with Crippen LogP contribution in [0, 0.1) is 6.92 Å². The number of hydrogen-bond acceptors (Lipinski definition) is 3. The van der Waals surface area contributed by atoms with Gasteiger partial charge in [-0.25, -0.2) is 4.79 Å². The first kappa shape index (κ1) is 15.0. The van der Waals surface area contributed by atoms with Gasteiger partial charge in [-0.05, 0) is 44.5 Å². The molecule has 0 spiro atoms. The minimum atomic E-state index is -0.151. The van der Waals surface area contributed by atoms with Crippen molar-refractivity contribution < 1.29 is 4.79 Å². The van der Waals surface area contributed by atoms with E-state index in [1.165, 1.54) is 22.8 Å². The van der Waals surface area contributed by atoms with Crippen LogP contribution in [0.2, 0.25) is 0 Å². The minimum Gasteiger partial charge on any atom is -0.370 e. The van der Waals surface area contributed by atoms with Crippen LogP contribution in [0.1, 0.15) is 19.4 Å². The first-order chi connectivity index (χ1) is 9.56. The Kier molecular flexibility index (Phi) is 5.17. The second-order valence-corrected chi connectivity index (χ2v) is 6.58. The molecule has 110 valence electrons. The Labute approximate surface area is 125 Å². The topological polar surface area (TPSA) is 44.4 Å². The maximum absolute atomic E-state index is 11.7. The van der Waals surface area contributed by atoms with Gasteiger partial charge in [0.2, 0.25) is 0 Å². The lowest BCUT2D eigenvalue weighted by atomic mass is 10.1. The third kappa shape index (κ3) is 4.07. The van der Waals surface area contributed by atoms with Crippen LogP contribution in [0.4, 0.5) is 16.2 Å². The van der Waals surface area contributed by atoms with Gasteiger partial charge in [-0.1, -0.05) is 0 Å². The molecule has 0 atom stereocenters. The zero-order valence-corrected chi connectivity index (χ0v) is 13.2. The smallest absolute Gasteiger partial charge is 0.319 e. The molecule has 1 saturated heterocycles. The molecule has 0 aliphatic carbocycles. The highest BCUT2D eigenvalue weighted by Crippen LogP contribution is 2.26. The summed E-state index contributed by atoms with van der Waals surface area (Å²) in [5.74, 6) is 2.38. The monoisotopic (exact) mass is 293 g/mol. The Morgan fingerprint density at radius 3 is 2.60 bits per heavy atom. The number of benzene rings is 1. The summed E-state index contributed by atoms with van der Waals surface area (Å²) < 4.78 is 0. The van der Waals surface area contributed by atoms with Crippen molar-refractivity contribution in [2.75, 3.05) is 34.8 Å². The third-order valence-electron chi connectivity index (χ3n) is 3.23. The van der Waals surface area contributed by atoms with E-state index in [1.807, 2.05) is 37.7 Å². The molecule has 2 amide bonds. The molecule has 2 rings (SSSR count). The van der Waals surface area contributed by atoms with Crippen LogP contribution in [0.15, 0.2) is 18.2 Å². The lowest BCUT2D eigenvalue weighted by Crippen LogP contribution is -2.34. The summed E-state index contributed by atoms with van der Waals surface area (Å²) in [4.78, 5) is 14.1. The van der Waals surface area contributed by atoms with Gasteiger partial charge >= 0.3 is 6.03 Å². The first-order valence-corrected chi connectivity index (χ1v) is 8.22. The van der Waals surface area contributed by atoms with E-state index in [0.717, 1.165) is 18.8 Å². The zero-order chi connectivity index (χ0) is 14.5. The van der Waals surface area contributed by atoms with Gasteiger partial charge in [0.25, 0.3) is 0 Å². The molecule has 1 aromatic rings. The Morgan fingerprint density at radius 2 is 2.00 bits per heavy atom. The summed E-state index contributed by atoms with van der Waals surface area (Å²) in [5, 5.41) is 5.70. The number of hydrogen-bond donors (Lipinski definition) is 2. The van der Waals surface area contributed by atoms with Gasteiger partial charge in [-0.3, -0.25) is 0 Å². The number of rotatable bonds is 3. The van der Waals surface area contributed by atoms with Crippen LogP contribution in [-0.4, -0.2) is 36.7 Å². The normalized spacial score (nSPS) is 15.3. The van der Waals surface area contributed by atoms with Crippen LogP contribution in [0.5, 0.6) is 0 Å². The molecular weight excluding hydrogens is 270 g/mol. The summed E-state index contributed by atoms with van der Waals surface area (Å²) in [7, 11) is 0. The summed E-state index contributed by atoms with van der Waals surface area (Å²) in [6.45, 7) is 8.20. The van der Waals surface area contributed by atoms with E-state index >= 15 is 0 Å². The Morgan fingerprint density at radius 1 is 1.30 bits per heavy atom. The molecule has 1 heterocycles. The molecule has 0 saturated carbocycles. The minimum absolute atomic E-state index is 0.140. The van der Waals surface area contributed by atoms with E-state index in [0.29, 0.717) is 0 Å². The molecule has 0 bridgehead atoms. The molecular formula is C15H23N3OS. The van der Waals surface area contributed by atoms with Crippen molar-refractivity contribution in [3.8, 4) is 0 Å². The van der Waals surface area contributed by atoms with E-state index < -0.39 is 0 Å². The number of nitrogens with one attached hydrogen (secondary N) is 2. The Hall–Kier alpha value is -1.36. The molecule has 1 aliphatic rings. The van der Waals surface area contributed by atoms with Crippen molar-refractivity contribution in [2.45, 2.75) is 26.8 Å². The summed E-state index contributed by atoms with van der Waals surface area (Å²) in [5.41, 5.74) is 3.33. The molecule has 1 fully saturated rings. The highest BCUT2D eigenvalue weighted by atomic mass is 32.2. The number of nitrogens with zero attached hydrogens (tertiary/aromatic N) is 1. The fourth-order valence-corrected chi connectivity index (χ4v) is 3.22. The van der Waals surface area contributed by atoms with Crippen LogP contribution < -0.4 is 15.5 Å². The van der Waals surface area contributed by atoms with Crippen molar-refractivity contribution >= 4 is 29.2 Å². The van der Waals surface area contributed by atoms with E-state index in [2.05, 4.69) is 28.5 Å². The van der Waals surface area contributed by atoms with Crippen LogP contribution in [0.25, 0.3) is 0 Å². The van der Waals surface area contributed by atoms with Crippen LogP contribution >= 0.6 is 11.8 Å². The van der Waals surface area contributed by atoms with Gasteiger partial charge in [0, 0.05) is 42.0 Å². The Bertz CT molecular complexity index is 470. The first-order valence-electron chi connectivity index (χ1n) is 7.07. The number of carbonyl (C=O) groups is 1. The van der Waals surface area contributed by atoms with E-state index in [4.69, 9.17) is 0 Å². The number of amides is 2. The lowest BCUT2D eigenvalue weighted by Gasteiger charge is -2.30. The molecule has 5 heteroatoms. The van der Waals surface area contributed by atoms with E-state index in [1.54, 1.807) is 0 Å². The van der Waals surface area contributed by atoms with Gasteiger partial charge < -0.3 is 15.5 Å². The summed E-state index contributed by atoms with van der Waals surface area (Å²) in [6.07, 6.45) is 0. The maximum atomic E-state index is 11.7. The maximum Gasteiger partial charge on any atom is 0.319 e. The second kappa shape index (κ2) is 6.88. The molecule has 20 heavy (non-hydrogen) atoms. The van der Waals surface area contributed by atoms with Crippen molar-refractivity contribution in [3.05, 3.63) is 23.8 Å². The number of aryl methyl sites for hydroxylation is 1. The zero-order valence-electron chi connectivity index (χ0n) is 12.4. The van der Waals surface area contributed by atoms with Crippen molar-refractivity contribution in [2.24, 2.45) is 0 Å². The average Bonchev–Trinajstić information content (AvgIpc) is 2.38. The second-order valence-electron chi connectivity index (χ2n) is 5.35. The molecule has 0 aromatic heterocycles. The average molecular weight is 293 g/mol. The van der Waals surface area contributed by atoms with Crippen molar-refractivity contribution in [3.63, 3.8) is 0 Å². The van der Waals surface area contributed by atoms with Crippen molar-refractivity contribution in [1.29, 1.82) is 0 Å². The highest BCUT2D eigenvalue weighted by molar-refractivity contribution is 7.99. The fraction of sp³-hybridized carbons (Fsp3) is 0.533. The van der Waals surface area contributed by atoms with Gasteiger partial charge in [0.05, 0.1) is 0 Å². The number of carbonyl (C=O) groups excluding carboxylic acids is 1. The summed E-state index contributed by atoms with van der Waals surface area (Å²) in [6, 6.07) is 6.11. The number of thioether (sulfide) groups is 1. The summed E-state index contributed by atoms with van der Waals surface area (Å²) >= 11 is 2.01. The SMILES string of the molecule is Cc1cc(NC(=O)NC(C)C)ccc1N1CCSCC1. The van der Waals surface area contributed by atoms with E-state index in [9.17, 15) is 4.79 Å². The molecule has 1 aliphatic heterocycles. The molecule has 2 N–H and O–H groups in total. The van der Waals surface area contributed by atoms with Crippen LogP contribution in [-0.2, 0) is 0 Å². The predicted octanol–water partition coefficient (Wildman–Crippen LogP) is 3.08. The third-order valence-corrected chi connectivity index (χ3v) is 4.17. The lowest BCUT2D eigenvalue weighted by molar-refractivity contribution is 0.250. The number of urea groups is 1. The largest absolute Gasteiger partial charge is 0.370 e. The van der Waals surface area contributed by atoms with Gasteiger partial charge in [0.15, 0.2) is 0 Å². The Balaban J connectivity index is 2.03. The molecule has 0 unspecified atom stereocenters. The van der Waals surface area contributed by atoms with Gasteiger partial charge in [-0.15, -0.1) is 0 Å². The predicted molar refractivity (Wildman–Crippen MR) is 88.0 cm³/mol. The van der Waals surface area contributed by atoms with Gasteiger partial charge in [0.1, 0.15) is 0 Å². The van der Waals surface area contributed by atoms with Crippen molar-refractivity contribution in [1.82, 2.24) is 5.32 Å². The number of anilines is 2. The fourth-order valence-electron chi connectivity index (χ4n) is 2.32. The standard InChI is InChI=1S/C15H23N3OS/c1-11(2)16-15(19)17-13-4-5-14(12(3)10-13)18-6-8-20-9-7-18/h4-5,10-11H,6-9H2,1-3H3,(H2,16,17,19). The van der Waals surface area contributed by atoms with Crippen LogP contribution in [0.3, 0.4) is 0 Å².